The van der Waals surface area contributed by atoms with Crippen molar-refractivity contribution in [3.8, 4) is 11.5 Å². The molecule has 8 nitrogen and oxygen atoms in total. The minimum absolute atomic E-state index is 0.0312. The van der Waals surface area contributed by atoms with Crippen LogP contribution in [0.15, 0.2) is 42.0 Å². The lowest BCUT2D eigenvalue weighted by Gasteiger charge is -2.71. The Balaban J connectivity index is 1.16. The maximum atomic E-state index is 15.0. The number of allylic oxidation sites excluding steroid dienone is 4. The second kappa shape index (κ2) is 15.0. The quantitative estimate of drug-likeness (QED) is 0.228. The highest BCUT2D eigenvalue weighted by Gasteiger charge is 2.74. The molecule has 0 aromatic heterocycles. The van der Waals surface area contributed by atoms with Gasteiger partial charge >= 0.3 is 6.09 Å². The van der Waals surface area contributed by atoms with Crippen LogP contribution < -0.4 is 9.47 Å². The van der Waals surface area contributed by atoms with E-state index in [9.17, 15) is 15.0 Å². The fourth-order valence-electron chi connectivity index (χ4n) is 14.3. The molecule has 57 heavy (non-hydrogen) atoms. The lowest BCUT2D eigenvalue weighted by atomic mass is 9.32. The van der Waals surface area contributed by atoms with Crippen molar-refractivity contribution in [2.24, 2.45) is 57.2 Å². The third kappa shape index (κ3) is 6.42. The minimum Gasteiger partial charge on any atom is -0.497 e. The van der Waals surface area contributed by atoms with Gasteiger partial charge in [0.05, 0.1) is 39.0 Å². The Morgan fingerprint density at radius 1 is 0.895 bits per heavy atom. The van der Waals surface area contributed by atoms with Crippen molar-refractivity contribution in [1.82, 2.24) is 4.90 Å². The van der Waals surface area contributed by atoms with E-state index in [0.717, 1.165) is 88.2 Å². The first-order chi connectivity index (χ1) is 27.1. The number of carbonyl (C=O) groups is 2. The van der Waals surface area contributed by atoms with Crippen molar-refractivity contribution in [3.05, 3.63) is 47.6 Å². The first-order valence-corrected chi connectivity index (χ1v) is 22.7. The number of aliphatic hydroxyl groups is 2. The molecule has 0 aliphatic heterocycles. The Bertz CT molecular complexity index is 1760. The molecular formula is C49H71NO7. The van der Waals surface area contributed by atoms with Crippen molar-refractivity contribution in [1.29, 1.82) is 0 Å². The SMILES string of the molecule is COc1ccc(CN(C[C@]2(O)CC[C@H]3[C@]45C=C[C@@]6(C=C4C(=O)C4CCCCC4)CC(O)CC[C@]6(C)[C@H]5CC[C@@]32C)C(=O)O[C@H]2C[C@@H](C)CC[C@@H]2C(C)C)c(OC)c1. The molecule has 8 heteroatoms. The number of hydrogen-bond donors (Lipinski definition) is 2. The highest BCUT2D eigenvalue weighted by molar-refractivity contribution is 6.00. The van der Waals surface area contributed by atoms with E-state index in [2.05, 4.69) is 52.8 Å². The molecule has 1 aromatic carbocycles. The van der Waals surface area contributed by atoms with Crippen LogP contribution in [0.5, 0.6) is 11.5 Å². The highest BCUT2D eigenvalue weighted by atomic mass is 16.6. The van der Waals surface area contributed by atoms with Gasteiger partial charge in [-0.15, -0.1) is 0 Å². The summed E-state index contributed by atoms with van der Waals surface area (Å²) in [5.74, 6) is 3.11. The standard InChI is InChI=1S/C49H71NO7/c1-31(2)37-16-13-32(3)25-40(37)57-44(53)50(29-34-14-15-36(55-6)26-39(34)56-7)30-48(54)22-19-42-46(48,5)21-18-41-45(4)20-17-35(51)27-47(45)23-24-49(41,42)38(28-47)43(52)33-11-9-8-10-12-33/h14-15,23-24,26,28,31-33,35,37,40-42,51,54H,8-13,16-22,25,27,29-30H2,1-7H3/t32-,35?,37+,40-,41+,42+,45+,46-,47-,48+,49+/m0/s1. The molecule has 0 saturated heterocycles. The molecule has 8 aliphatic carbocycles. The van der Waals surface area contributed by atoms with E-state index in [1.807, 2.05) is 18.2 Å². The Hall–Kier alpha value is -2.84. The monoisotopic (exact) mass is 786 g/mol. The van der Waals surface area contributed by atoms with Gasteiger partial charge in [0, 0.05) is 39.4 Å². The average molecular weight is 786 g/mol. The van der Waals surface area contributed by atoms with Crippen LogP contribution in [0.2, 0.25) is 0 Å². The van der Waals surface area contributed by atoms with Gasteiger partial charge in [-0.25, -0.2) is 4.79 Å². The summed E-state index contributed by atoms with van der Waals surface area (Å²) in [5.41, 5.74) is -0.865. The molecule has 2 bridgehead atoms. The zero-order valence-electron chi connectivity index (χ0n) is 36.0. The van der Waals surface area contributed by atoms with Crippen molar-refractivity contribution in [3.63, 3.8) is 0 Å². The number of nitrogens with zero attached hydrogens (tertiary/aromatic N) is 1. The van der Waals surface area contributed by atoms with Crippen LogP contribution in [0.1, 0.15) is 136 Å². The van der Waals surface area contributed by atoms with Gasteiger partial charge < -0.3 is 29.3 Å². The summed E-state index contributed by atoms with van der Waals surface area (Å²) in [6.07, 6.45) is 20.0. The first kappa shape index (κ1) is 40.9. The fraction of sp³-hybridized carbons (Fsp3) is 0.755. The van der Waals surface area contributed by atoms with Crippen LogP contribution in [0.3, 0.4) is 0 Å². The number of ether oxygens (including phenoxy) is 3. The summed E-state index contributed by atoms with van der Waals surface area (Å²) in [4.78, 5) is 31.6. The zero-order valence-corrected chi connectivity index (χ0v) is 36.0. The van der Waals surface area contributed by atoms with Crippen LogP contribution >= 0.6 is 0 Å². The maximum absolute atomic E-state index is 15.0. The van der Waals surface area contributed by atoms with Gasteiger partial charge in [0.2, 0.25) is 0 Å². The summed E-state index contributed by atoms with van der Waals surface area (Å²) >= 11 is 0. The molecule has 0 heterocycles. The molecule has 5 fully saturated rings. The van der Waals surface area contributed by atoms with Crippen molar-refractivity contribution >= 4 is 11.9 Å². The van der Waals surface area contributed by atoms with E-state index in [1.165, 1.54) is 6.42 Å². The van der Waals surface area contributed by atoms with E-state index in [4.69, 9.17) is 14.2 Å². The van der Waals surface area contributed by atoms with Crippen molar-refractivity contribution < 1.29 is 34.0 Å². The highest BCUT2D eigenvalue weighted by Crippen LogP contribution is 2.78. The Morgan fingerprint density at radius 3 is 2.33 bits per heavy atom. The van der Waals surface area contributed by atoms with Gasteiger partial charge in [0.1, 0.15) is 17.6 Å². The van der Waals surface area contributed by atoms with E-state index in [-0.39, 0.29) is 60.0 Å². The largest absolute Gasteiger partial charge is 0.497 e. The van der Waals surface area contributed by atoms with E-state index in [0.29, 0.717) is 47.9 Å². The molecule has 1 amide bonds. The molecule has 8 aliphatic rings. The number of fused-ring (bicyclic) bond motifs is 1. The molecule has 1 aromatic rings. The molecule has 5 saturated carbocycles. The predicted molar refractivity (Wildman–Crippen MR) is 222 cm³/mol. The van der Waals surface area contributed by atoms with Gasteiger partial charge in [-0.3, -0.25) is 4.79 Å². The number of hydrogen-bond acceptors (Lipinski definition) is 7. The minimum atomic E-state index is -1.21. The fourth-order valence-corrected chi connectivity index (χ4v) is 14.3. The number of ketones is 1. The summed E-state index contributed by atoms with van der Waals surface area (Å²) in [6.45, 7) is 11.8. The van der Waals surface area contributed by atoms with E-state index < -0.39 is 16.4 Å². The van der Waals surface area contributed by atoms with Gasteiger partial charge in [0.15, 0.2) is 5.78 Å². The molecule has 9 rings (SSSR count). The van der Waals surface area contributed by atoms with Gasteiger partial charge in [-0.1, -0.05) is 78.5 Å². The number of Topliss-reactive ketones (excluding diaryl/α,β-unsaturated/α-hetero) is 1. The van der Waals surface area contributed by atoms with Gasteiger partial charge in [-0.2, -0.15) is 0 Å². The lowest BCUT2D eigenvalue weighted by molar-refractivity contribution is -0.179. The number of carbonyl (C=O) groups excluding carboxylic acids is 2. The summed E-state index contributed by atoms with van der Waals surface area (Å²) in [5, 5.41) is 24.5. The van der Waals surface area contributed by atoms with Crippen LogP contribution in [-0.2, 0) is 16.1 Å². The zero-order chi connectivity index (χ0) is 40.5. The number of aliphatic hydroxyl groups excluding tert-OH is 1. The first-order valence-electron chi connectivity index (χ1n) is 22.7. The summed E-state index contributed by atoms with van der Waals surface area (Å²) in [6, 6.07) is 5.68. The average Bonchev–Trinajstić information content (AvgIpc) is 3.47. The molecule has 1 unspecified atom stereocenters. The Labute approximate surface area is 342 Å². The van der Waals surface area contributed by atoms with Gasteiger partial charge in [-0.05, 0) is 118 Å². The second-order valence-electron chi connectivity index (χ2n) is 20.8. The van der Waals surface area contributed by atoms with Gasteiger partial charge in [0.25, 0.3) is 0 Å². The van der Waals surface area contributed by atoms with Crippen LogP contribution in [0, 0.1) is 57.2 Å². The predicted octanol–water partition coefficient (Wildman–Crippen LogP) is 9.84. The molecule has 2 spiro atoms. The lowest BCUT2D eigenvalue weighted by Crippen LogP contribution is -2.67. The maximum Gasteiger partial charge on any atom is 0.410 e. The summed E-state index contributed by atoms with van der Waals surface area (Å²) < 4.78 is 17.9. The van der Waals surface area contributed by atoms with Crippen LogP contribution in [0.4, 0.5) is 4.79 Å². The number of benzene rings is 1. The second-order valence-corrected chi connectivity index (χ2v) is 20.8. The van der Waals surface area contributed by atoms with Crippen molar-refractivity contribution in [2.75, 3.05) is 20.8 Å². The van der Waals surface area contributed by atoms with Crippen LogP contribution in [0.25, 0.3) is 0 Å². The molecule has 2 N–H and O–H groups in total. The van der Waals surface area contributed by atoms with Crippen LogP contribution in [-0.4, -0.2) is 65.6 Å². The smallest absolute Gasteiger partial charge is 0.410 e. The van der Waals surface area contributed by atoms with E-state index in [1.54, 1.807) is 19.1 Å². The third-order valence-electron chi connectivity index (χ3n) is 17.7. The summed E-state index contributed by atoms with van der Waals surface area (Å²) in [7, 11) is 3.26. The number of amides is 1. The molecular weight excluding hydrogens is 715 g/mol. The Morgan fingerprint density at radius 2 is 1.61 bits per heavy atom. The van der Waals surface area contributed by atoms with Crippen molar-refractivity contribution in [2.45, 2.75) is 155 Å². The topological polar surface area (TPSA) is 106 Å². The number of methoxy groups -OCH3 is 2. The normalized spacial score (nSPS) is 41.1. The number of rotatable bonds is 10. The third-order valence-corrected chi connectivity index (χ3v) is 17.7. The molecule has 0 radical (unpaired) electrons. The molecule has 314 valence electrons. The molecule has 11 atom stereocenters. The Kier molecular flexibility index (Phi) is 10.8. The van der Waals surface area contributed by atoms with E-state index >= 15 is 4.79 Å².